The highest BCUT2D eigenvalue weighted by molar-refractivity contribution is 5.68. The van der Waals surface area contributed by atoms with E-state index < -0.39 is 5.60 Å². The number of rotatable bonds is 5. The molecular weight excluding hydrogens is 326 g/mol. The monoisotopic (exact) mass is 361 g/mol. The van der Waals surface area contributed by atoms with Gasteiger partial charge in [-0.05, 0) is 45.2 Å². The van der Waals surface area contributed by atoms with Crippen LogP contribution in [0.2, 0.25) is 0 Å². The van der Waals surface area contributed by atoms with Crippen molar-refractivity contribution in [1.82, 2.24) is 9.80 Å². The fourth-order valence-electron chi connectivity index (χ4n) is 3.43. The second kappa shape index (κ2) is 8.76. The Balaban J connectivity index is 1.83. The molecule has 1 aliphatic heterocycles. The van der Waals surface area contributed by atoms with Crippen molar-refractivity contribution in [2.75, 3.05) is 51.2 Å². The molecule has 26 heavy (non-hydrogen) atoms. The Bertz CT molecular complexity index is 602. The number of nitrogens with zero attached hydrogens (tertiary/aromatic N) is 3. The van der Waals surface area contributed by atoms with Gasteiger partial charge in [-0.1, -0.05) is 25.1 Å². The smallest absolute Gasteiger partial charge is 0.410 e. The number of likely N-dealkylation sites (N-methyl/N-ethyl adjacent to an activating group) is 1. The number of anilines is 1. The van der Waals surface area contributed by atoms with E-state index in [-0.39, 0.29) is 6.09 Å². The molecule has 1 saturated heterocycles. The summed E-state index contributed by atoms with van der Waals surface area (Å²) in [6, 6.07) is 6.55. The average molecular weight is 362 g/mol. The minimum absolute atomic E-state index is 0.193. The van der Waals surface area contributed by atoms with Gasteiger partial charge in [0.25, 0.3) is 0 Å². The molecule has 0 aliphatic carbocycles. The molecule has 146 valence electrons. The van der Waals surface area contributed by atoms with Gasteiger partial charge in [-0.25, -0.2) is 4.79 Å². The fourth-order valence-corrected chi connectivity index (χ4v) is 3.43. The third kappa shape index (κ3) is 5.63. The number of hydrogen-bond acceptors (Lipinski definition) is 4. The summed E-state index contributed by atoms with van der Waals surface area (Å²) in [6.45, 7) is 15.4. The highest BCUT2D eigenvalue weighted by Crippen LogP contribution is 2.24. The molecule has 0 saturated carbocycles. The van der Waals surface area contributed by atoms with Gasteiger partial charge >= 0.3 is 6.09 Å². The van der Waals surface area contributed by atoms with Crippen LogP contribution in [-0.2, 0) is 11.2 Å². The Kier molecular flexibility index (Phi) is 6.93. The number of amides is 1. The van der Waals surface area contributed by atoms with E-state index in [4.69, 9.17) is 4.74 Å². The van der Waals surface area contributed by atoms with Crippen molar-refractivity contribution >= 4 is 11.8 Å². The van der Waals surface area contributed by atoms with E-state index in [1.54, 1.807) is 0 Å². The number of piperazine rings is 1. The maximum Gasteiger partial charge on any atom is 0.410 e. The lowest BCUT2D eigenvalue weighted by Crippen LogP contribution is -2.51. The third-order valence-corrected chi connectivity index (χ3v) is 4.86. The Hall–Kier alpha value is -1.75. The van der Waals surface area contributed by atoms with Gasteiger partial charge in [-0.15, -0.1) is 0 Å². The Labute approximate surface area is 158 Å². The number of carbonyl (C=O) groups excluding carboxylic acids is 1. The predicted octanol–water partition coefficient (Wildman–Crippen LogP) is 3.55. The van der Waals surface area contributed by atoms with Crippen LogP contribution in [0.25, 0.3) is 0 Å². The largest absolute Gasteiger partial charge is 0.444 e. The van der Waals surface area contributed by atoms with Crippen molar-refractivity contribution in [3.05, 3.63) is 29.3 Å². The summed E-state index contributed by atoms with van der Waals surface area (Å²) >= 11 is 0. The highest BCUT2D eigenvalue weighted by Gasteiger charge is 2.25. The molecule has 1 aromatic rings. The molecule has 2 rings (SSSR count). The summed E-state index contributed by atoms with van der Waals surface area (Å²) < 4.78 is 5.47. The number of ether oxygens (including phenoxy) is 1. The van der Waals surface area contributed by atoms with E-state index >= 15 is 0 Å². The van der Waals surface area contributed by atoms with E-state index in [1.165, 1.54) is 16.8 Å². The zero-order chi connectivity index (χ0) is 19.3. The summed E-state index contributed by atoms with van der Waals surface area (Å²) in [7, 11) is 2.18. The molecule has 1 fully saturated rings. The van der Waals surface area contributed by atoms with Crippen LogP contribution in [0.1, 0.15) is 38.8 Å². The van der Waals surface area contributed by atoms with Gasteiger partial charge in [0.05, 0.1) is 0 Å². The SMILES string of the molecule is CCc1cccc(C)c1N(C)CCN1CCN(C(=O)OC(C)(C)C)CC1. The first-order valence-corrected chi connectivity index (χ1v) is 9.71. The van der Waals surface area contributed by atoms with Crippen molar-refractivity contribution in [2.24, 2.45) is 0 Å². The van der Waals surface area contributed by atoms with Crippen molar-refractivity contribution in [3.63, 3.8) is 0 Å². The molecule has 5 heteroatoms. The molecule has 0 N–H and O–H groups in total. The highest BCUT2D eigenvalue weighted by atomic mass is 16.6. The lowest BCUT2D eigenvalue weighted by atomic mass is 10.0. The summed E-state index contributed by atoms with van der Waals surface area (Å²) in [5, 5.41) is 0. The zero-order valence-corrected chi connectivity index (χ0v) is 17.3. The Morgan fingerprint density at radius 2 is 1.85 bits per heavy atom. The Morgan fingerprint density at radius 1 is 1.19 bits per heavy atom. The van der Waals surface area contributed by atoms with E-state index in [0.717, 1.165) is 45.7 Å². The summed E-state index contributed by atoms with van der Waals surface area (Å²) in [4.78, 5) is 18.8. The van der Waals surface area contributed by atoms with Gasteiger partial charge in [0.15, 0.2) is 0 Å². The number of carbonyl (C=O) groups is 1. The van der Waals surface area contributed by atoms with Crippen LogP contribution in [0.4, 0.5) is 10.5 Å². The summed E-state index contributed by atoms with van der Waals surface area (Å²) in [5.41, 5.74) is 3.67. The minimum atomic E-state index is -0.429. The van der Waals surface area contributed by atoms with Gasteiger partial charge < -0.3 is 14.5 Å². The van der Waals surface area contributed by atoms with Crippen LogP contribution in [0.15, 0.2) is 18.2 Å². The third-order valence-electron chi connectivity index (χ3n) is 4.86. The second-order valence-electron chi connectivity index (χ2n) is 8.17. The lowest BCUT2D eigenvalue weighted by Gasteiger charge is -2.36. The zero-order valence-electron chi connectivity index (χ0n) is 17.3. The van der Waals surface area contributed by atoms with E-state index in [0.29, 0.717) is 0 Å². The molecule has 5 nitrogen and oxygen atoms in total. The standard InChI is InChI=1S/C21H35N3O2/c1-7-18-10-8-9-17(2)19(18)22(6)11-12-23-13-15-24(16-14-23)20(25)26-21(3,4)5/h8-10H,7,11-16H2,1-6H3. The Morgan fingerprint density at radius 3 is 2.42 bits per heavy atom. The van der Waals surface area contributed by atoms with Crippen LogP contribution in [0.3, 0.4) is 0 Å². The molecule has 0 aromatic heterocycles. The molecule has 1 amide bonds. The van der Waals surface area contributed by atoms with Gasteiger partial charge in [0.1, 0.15) is 5.60 Å². The van der Waals surface area contributed by atoms with Crippen molar-refractivity contribution < 1.29 is 9.53 Å². The first kappa shape index (κ1) is 20.6. The molecule has 0 bridgehead atoms. The minimum Gasteiger partial charge on any atom is -0.444 e. The van der Waals surface area contributed by atoms with Crippen molar-refractivity contribution in [3.8, 4) is 0 Å². The summed E-state index contributed by atoms with van der Waals surface area (Å²) in [6.07, 6.45) is 0.859. The first-order chi connectivity index (χ1) is 12.2. The molecule has 1 aliphatic rings. The normalized spacial score (nSPS) is 15.8. The molecule has 1 aromatic carbocycles. The number of benzene rings is 1. The van der Waals surface area contributed by atoms with Crippen LogP contribution >= 0.6 is 0 Å². The van der Waals surface area contributed by atoms with Crippen molar-refractivity contribution in [1.29, 1.82) is 0 Å². The van der Waals surface area contributed by atoms with E-state index in [9.17, 15) is 4.79 Å². The number of aryl methyl sites for hydroxylation is 2. The second-order valence-corrected chi connectivity index (χ2v) is 8.17. The van der Waals surface area contributed by atoms with Gasteiger partial charge in [0, 0.05) is 52.0 Å². The molecule has 0 atom stereocenters. The van der Waals surface area contributed by atoms with Crippen LogP contribution in [0, 0.1) is 6.92 Å². The van der Waals surface area contributed by atoms with Crippen molar-refractivity contribution in [2.45, 2.75) is 46.6 Å². The molecule has 0 unspecified atom stereocenters. The van der Waals surface area contributed by atoms with Crippen LogP contribution in [0.5, 0.6) is 0 Å². The maximum atomic E-state index is 12.2. The predicted molar refractivity (Wildman–Crippen MR) is 108 cm³/mol. The molecular formula is C21H35N3O2. The molecule has 1 heterocycles. The van der Waals surface area contributed by atoms with Crippen LogP contribution < -0.4 is 4.90 Å². The van der Waals surface area contributed by atoms with E-state index in [2.05, 4.69) is 48.9 Å². The molecule has 0 spiro atoms. The van der Waals surface area contributed by atoms with Crippen LogP contribution in [-0.4, -0.2) is 67.8 Å². The molecule has 0 radical (unpaired) electrons. The lowest BCUT2D eigenvalue weighted by molar-refractivity contribution is 0.0147. The van der Waals surface area contributed by atoms with E-state index in [1.807, 2.05) is 25.7 Å². The topological polar surface area (TPSA) is 36.0 Å². The number of para-hydroxylation sites is 1. The average Bonchev–Trinajstić information content (AvgIpc) is 2.58. The van der Waals surface area contributed by atoms with Gasteiger partial charge in [0.2, 0.25) is 0 Å². The maximum absolute atomic E-state index is 12.2. The van der Waals surface area contributed by atoms with Gasteiger partial charge in [-0.3, -0.25) is 4.90 Å². The fraction of sp³-hybridized carbons (Fsp3) is 0.667. The first-order valence-electron chi connectivity index (χ1n) is 9.71. The summed E-state index contributed by atoms with van der Waals surface area (Å²) in [5.74, 6) is 0. The quantitative estimate of drug-likeness (QED) is 0.804. The number of hydrogen-bond donors (Lipinski definition) is 0. The van der Waals surface area contributed by atoms with Gasteiger partial charge in [-0.2, -0.15) is 0 Å².